The van der Waals surface area contributed by atoms with E-state index in [4.69, 9.17) is 0 Å². The van der Waals surface area contributed by atoms with E-state index in [0.717, 1.165) is 24.2 Å². The molecule has 1 nitrogen and oxygen atoms in total. The first kappa shape index (κ1) is 17.8. The molecule has 0 amide bonds. The van der Waals surface area contributed by atoms with E-state index >= 15 is 0 Å². The van der Waals surface area contributed by atoms with Gasteiger partial charge < -0.3 is 5.11 Å². The molecule has 4 rings (SSSR count). The number of rotatable bonds is 2. The molecule has 0 aromatic rings. The van der Waals surface area contributed by atoms with Gasteiger partial charge in [-0.2, -0.15) is 0 Å². The van der Waals surface area contributed by atoms with Crippen LogP contribution in [0.4, 0.5) is 0 Å². The zero-order valence-corrected chi connectivity index (χ0v) is 16.9. The topological polar surface area (TPSA) is 20.2 Å². The molecular weight excluding hydrogens is 304 g/mol. The van der Waals surface area contributed by atoms with E-state index in [0.29, 0.717) is 10.8 Å². The summed E-state index contributed by atoms with van der Waals surface area (Å²) in [7, 11) is 0. The van der Waals surface area contributed by atoms with Gasteiger partial charge in [-0.3, -0.25) is 0 Å². The first-order chi connectivity index (χ1) is 11.9. The van der Waals surface area contributed by atoms with Crippen molar-refractivity contribution in [2.75, 3.05) is 0 Å². The SMILES string of the molecule is CCCC(C)=C1CC[C@H]2[C@@H]3CCC4=C[C@@H](O)CC[C@]4(C)[C@H]3CC[C@]12C. The smallest absolute Gasteiger partial charge is 0.0724 e. The van der Waals surface area contributed by atoms with Crippen LogP contribution in [0.1, 0.15) is 91.9 Å². The molecule has 0 aliphatic heterocycles. The number of aliphatic hydroxyl groups is 1. The monoisotopic (exact) mass is 342 g/mol. The summed E-state index contributed by atoms with van der Waals surface area (Å²) in [5.74, 6) is 2.70. The van der Waals surface area contributed by atoms with E-state index in [9.17, 15) is 5.11 Å². The van der Waals surface area contributed by atoms with Gasteiger partial charge in [-0.15, -0.1) is 0 Å². The van der Waals surface area contributed by atoms with Crippen LogP contribution in [0, 0.1) is 28.6 Å². The van der Waals surface area contributed by atoms with Gasteiger partial charge in [0, 0.05) is 0 Å². The van der Waals surface area contributed by atoms with Gasteiger partial charge in [-0.1, -0.05) is 50.0 Å². The van der Waals surface area contributed by atoms with Crippen molar-refractivity contribution in [3.63, 3.8) is 0 Å². The summed E-state index contributed by atoms with van der Waals surface area (Å²) in [5.41, 5.74) is 6.05. The van der Waals surface area contributed by atoms with Crippen LogP contribution in [0.5, 0.6) is 0 Å². The highest BCUT2D eigenvalue weighted by molar-refractivity contribution is 5.31. The zero-order chi connectivity index (χ0) is 17.8. The first-order valence-electron chi connectivity index (χ1n) is 11.0. The molecule has 0 saturated heterocycles. The van der Waals surface area contributed by atoms with Crippen molar-refractivity contribution in [2.45, 2.75) is 98.0 Å². The molecule has 1 N–H and O–H groups in total. The second kappa shape index (κ2) is 6.25. The lowest BCUT2D eigenvalue weighted by Crippen LogP contribution is -2.49. The highest BCUT2D eigenvalue weighted by Crippen LogP contribution is 2.67. The maximum atomic E-state index is 10.1. The molecule has 140 valence electrons. The molecule has 0 aromatic heterocycles. The summed E-state index contributed by atoms with van der Waals surface area (Å²) in [6, 6.07) is 0. The number of fused-ring (bicyclic) bond motifs is 5. The first-order valence-corrected chi connectivity index (χ1v) is 11.0. The quantitative estimate of drug-likeness (QED) is 0.573. The largest absolute Gasteiger partial charge is 0.389 e. The van der Waals surface area contributed by atoms with Crippen LogP contribution in [0.25, 0.3) is 0 Å². The van der Waals surface area contributed by atoms with Gasteiger partial charge in [0.05, 0.1) is 6.10 Å². The van der Waals surface area contributed by atoms with Crippen LogP contribution in [-0.2, 0) is 0 Å². The van der Waals surface area contributed by atoms with Crippen molar-refractivity contribution in [1.82, 2.24) is 0 Å². The summed E-state index contributed by atoms with van der Waals surface area (Å²) >= 11 is 0. The third-order valence-corrected chi connectivity index (χ3v) is 9.01. The highest BCUT2D eigenvalue weighted by atomic mass is 16.3. The summed E-state index contributed by atoms with van der Waals surface area (Å²) in [6.07, 6.45) is 15.1. The van der Waals surface area contributed by atoms with E-state index in [1.807, 2.05) is 5.57 Å². The van der Waals surface area contributed by atoms with Gasteiger partial charge in [0.25, 0.3) is 0 Å². The molecule has 1 heteroatoms. The van der Waals surface area contributed by atoms with Gasteiger partial charge >= 0.3 is 0 Å². The van der Waals surface area contributed by atoms with Crippen LogP contribution in [0.3, 0.4) is 0 Å². The predicted molar refractivity (Wildman–Crippen MR) is 105 cm³/mol. The van der Waals surface area contributed by atoms with Crippen molar-refractivity contribution in [2.24, 2.45) is 28.6 Å². The van der Waals surface area contributed by atoms with Gasteiger partial charge in [0.1, 0.15) is 0 Å². The average Bonchev–Trinajstić information content (AvgIpc) is 2.93. The van der Waals surface area contributed by atoms with Crippen LogP contribution < -0.4 is 0 Å². The van der Waals surface area contributed by atoms with Crippen molar-refractivity contribution in [3.8, 4) is 0 Å². The zero-order valence-electron chi connectivity index (χ0n) is 16.9. The van der Waals surface area contributed by atoms with E-state index in [1.54, 1.807) is 11.1 Å². The minimum atomic E-state index is -0.175. The van der Waals surface area contributed by atoms with Crippen LogP contribution >= 0.6 is 0 Å². The molecule has 6 atom stereocenters. The fraction of sp³-hybridized carbons (Fsp3) is 0.833. The van der Waals surface area contributed by atoms with Crippen molar-refractivity contribution >= 4 is 0 Å². The molecule has 0 unspecified atom stereocenters. The predicted octanol–water partition coefficient (Wildman–Crippen LogP) is 6.43. The molecule has 4 aliphatic carbocycles. The summed E-state index contributed by atoms with van der Waals surface area (Å²) in [5, 5.41) is 10.1. The molecule has 0 spiro atoms. The van der Waals surface area contributed by atoms with Crippen molar-refractivity contribution < 1.29 is 5.11 Å². The normalized spacial score (nSPS) is 48.3. The summed E-state index contributed by atoms with van der Waals surface area (Å²) in [4.78, 5) is 0. The molecule has 25 heavy (non-hydrogen) atoms. The lowest BCUT2D eigenvalue weighted by Gasteiger charge is -2.58. The Hall–Kier alpha value is -0.560. The number of aliphatic hydroxyl groups excluding tert-OH is 1. The number of allylic oxidation sites excluding steroid dienone is 3. The molecule has 0 radical (unpaired) electrons. The minimum absolute atomic E-state index is 0.175. The highest BCUT2D eigenvalue weighted by Gasteiger charge is 2.57. The Balaban J connectivity index is 1.65. The minimum Gasteiger partial charge on any atom is -0.389 e. The Morgan fingerprint density at radius 1 is 1.04 bits per heavy atom. The molecular formula is C24H38O. The molecule has 3 fully saturated rings. The number of hydrogen-bond donors (Lipinski definition) is 1. The second-order valence-corrected chi connectivity index (χ2v) is 10.1. The fourth-order valence-corrected chi connectivity index (χ4v) is 7.75. The molecule has 0 heterocycles. The average molecular weight is 343 g/mol. The van der Waals surface area contributed by atoms with Gasteiger partial charge in [0.15, 0.2) is 0 Å². The van der Waals surface area contributed by atoms with E-state index < -0.39 is 0 Å². The Kier molecular flexibility index (Phi) is 4.46. The Morgan fingerprint density at radius 2 is 1.76 bits per heavy atom. The standard InChI is InChI=1S/C24H38O/c1-5-6-16(2)20-9-10-21-19-8-7-17-15-18(25)11-13-23(17,3)22(19)12-14-24(20,21)4/h15,18-19,21-22,25H,5-14H2,1-4H3/t18-,19-,21-,22-,23-,24+/m0/s1. The maximum absolute atomic E-state index is 10.1. The van der Waals surface area contributed by atoms with E-state index in [2.05, 4.69) is 33.8 Å². The van der Waals surface area contributed by atoms with Crippen molar-refractivity contribution in [1.29, 1.82) is 0 Å². The molecule has 4 aliphatic rings. The fourth-order valence-electron chi connectivity index (χ4n) is 7.75. The van der Waals surface area contributed by atoms with Crippen LogP contribution in [0.15, 0.2) is 22.8 Å². The molecule has 0 aromatic carbocycles. The Morgan fingerprint density at radius 3 is 2.52 bits per heavy atom. The van der Waals surface area contributed by atoms with Gasteiger partial charge in [-0.25, -0.2) is 0 Å². The van der Waals surface area contributed by atoms with Crippen molar-refractivity contribution in [3.05, 3.63) is 22.8 Å². The second-order valence-electron chi connectivity index (χ2n) is 10.1. The molecule has 0 bridgehead atoms. The van der Waals surface area contributed by atoms with E-state index in [1.165, 1.54) is 57.8 Å². The van der Waals surface area contributed by atoms with Crippen LogP contribution in [-0.4, -0.2) is 11.2 Å². The molecule has 3 saturated carbocycles. The lowest BCUT2D eigenvalue weighted by molar-refractivity contribution is -0.0316. The number of hydrogen-bond acceptors (Lipinski definition) is 1. The lowest BCUT2D eigenvalue weighted by atomic mass is 9.47. The van der Waals surface area contributed by atoms with Gasteiger partial charge in [-0.05, 0) is 93.3 Å². The maximum Gasteiger partial charge on any atom is 0.0724 e. The van der Waals surface area contributed by atoms with E-state index in [-0.39, 0.29) is 6.10 Å². The summed E-state index contributed by atoms with van der Waals surface area (Å²) in [6.45, 7) is 9.90. The Bertz CT molecular complexity index is 599. The third kappa shape index (κ3) is 2.59. The van der Waals surface area contributed by atoms with Gasteiger partial charge in [0.2, 0.25) is 0 Å². The third-order valence-electron chi connectivity index (χ3n) is 9.01. The Labute approximate surface area is 155 Å². The van der Waals surface area contributed by atoms with Crippen LogP contribution in [0.2, 0.25) is 0 Å². The summed E-state index contributed by atoms with van der Waals surface area (Å²) < 4.78 is 0.